The molecule has 6 nitrogen and oxygen atoms in total. The molecule has 2 fully saturated rings. The van der Waals surface area contributed by atoms with Crippen LogP contribution in [0.15, 0.2) is 18.3 Å². The third kappa shape index (κ3) is 3.33. The summed E-state index contributed by atoms with van der Waals surface area (Å²) < 4.78 is 5.87. The van der Waals surface area contributed by atoms with Crippen LogP contribution in [0.1, 0.15) is 25.9 Å². The van der Waals surface area contributed by atoms with Gasteiger partial charge in [0.1, 0.15) is 5.82 Å². The van der Waals surface area contributed by atoms with Crippen LogP contribution >= 0.6 is 11.3 Å². The second kappa shape index (κ2) is 6.96. The minimum Gasteiger partial charge on any atom is -0.379 e. The van der Waals surface area contributed by atoms with Crippen LogP contribution in [0, 0.1) is 26.7 Å². The first kappa shape index (κ1) is 17.4. The molecule has 7 heteroatoms. The van der Waals surface area contributed by atoms with Crippen LogP contribution in [-0.4, -0.2) is 59.7 Å². The quantitative estimate of drug-likeness (QED) is 0.810. The molecule has 0 N–H and O–H groups in total. The number of rotatable bonds is 2. The number of fused-ring (bicyclic) bond motifs is 3. The van der Waals surface area contributed by atoms with Crippen molar-refractivity contribution in [3.05, 3.63) is 39.5 Å². The van der Waals surface area contributed by atoms with Gasteiger partial charge in [0.05, 0.1) is 35.5 Å². The first-order valence-electron chi connectivity index (χ1n) is 9.01. The molecule has 1 amide bonds. The molecule has 0 spiro atoms. The van der Waals surface area contributed by atoms with Crippen LogP contribution in [0.2, 0.25) is 0 Å². The van der Waals surface area contributed by atoms with E-state index in [4.69, 9.17) is 9.72 Å². The molecule has 4 heterocycles. The van der Waals surface area contributed by atoms with Crippen LogP contribution in [0.5, 0.6) is 0 Å². The maximum atomic E-state index is 13.1. The van der Waals surface area contributed by atoms with E-state index in [1.807, 2.05) is 37.8 Å². The lowest BCUT2D eigenvalue weighted by atomic mass is 10.1. The van der Waals surface area contributed by atoms with Crippen LogP contribution in [0.25, 0.3) is 0 Å². The molecule has 0 saturated carbocycles. The molecule has 0 unspecified atom stereocenters. The largest absolute Gasteiger partial charge is 0.379 e. The van der Waals surface area contributed by atoms with E-state index in [0.717, 1.165) is 46.6 Å². The minimum absolute atomic E-state index is 0.0270. The Morgan fingerprint density at radius 2 is 2.04 bits per heavy atom. The normalized spacial score (nSPS) is 23.0. The van der Waals surface area contributed by atoms with Crippen molar-refractivity contribution in [3.8, 4) is 0 Å². The van der Waals surface area contributed by atoms with Crippen molar-refractivity contribution in [1.82, 2.24) is 14.9 Å². The van der Waals surface area contributed by atoms with E-state index in [9.17, 15) is 4.79 Å². The Kier molecular flexibility index (Phi) is 4.67. The number of ether oxygens (including phenoxy) is 1. The van der Waals surface area contributed by atoms with Gasteiger partial charge in [0, 0.05) is 36.6 Å². The molecule has 26 heavy (non-hydrogen) atoms. The van der Waals surface area contributed by atoms with Gasteiger partial charge in [-0.25, -0.2) is 4.98 Å². The second-order valence-electron chi connectivity index (χ2n) is 7.25. The molecule has 2 saturated heterocycles. The molecule has 4 rings (SSSR count). The summed E-state index contributed by atoms with van der Waals surface area (Å²) in [6, 6.07) is 3.97. The number of thiophene rings is 1. The average Bonchev–Trinajstić information content (AvgIpc) is 2.83. The smallest absolute Gasteiger partial charge is 0.264 e. The highest BCUT2D eigenvalue weighted by Crippen LogP contribution is 2.27. The summed E-state index contributed by atoms with van der Waals surface area (Å²) in [6.07, 6.45) is 1.80. The highest BCUT2D eigenvalue weighted by Gasteiger charge is 2.37. The Hall–Kier alpha value is -1.99. The van der Waals surface area contributed by atoms with Crippen LogP contribution < -0.4 is 4.90 Å². The molecular weight excluding hydrogens is 348 g/mol. The fourth-order valence-corrected chi connectivity index (χ4v) is 4.60. The summed E-state index contributed by atoms with van der Waals surface area (Å²) in [5, 5.41) is 0. The number of amides is 1. The highest BCUT2D eigenvalue weighted by molar-refractivity contribution is 7.13. The summed E-state index contributed by atoms with van der Waals surface area (Å²) in [5.74, 6) is 1.33. The number of aryl methyl sites for hydroxylation is 3. The predicted octanol–water partition coefficient (Wildman–Crippen LogP) is 2.44. The van der Waals surface area contributed by atoms with Crippen LogP contribution in [0.4, 0.5) is 5.82 Å². The van der Waals surface area contributed by atoms with E-state index >= 15 is 0 Å². The molecule has 2 aliphatic heterocycles. The Morgan fingerprint density at radius 1 is 1.19 bits per heavy atom. The third-order valence-corrected chi connectivity index (χ3v) is 6.02. The molecule has 0 aliphatic carbocycles. The zero-order chi connectivity index (χ0) is 18.3. The van der Waals surface area contributed by atoms with Gasteiger partial charge in [0.2, 0.25) is 0 Å². The van der Waals surface area contributed by atoms with Crippen molar-refractivity contribution in [3.63, 3.8) is 0 Å². The molecule has 2 aliphatic rings. The number of carbonyl (C=O) groups excluding carboxylic acids is 1. The van der Waals surface area contributed by atoms with Gasteiger partial charge in [-0.1, -0.05) is 0 Å². The number of aromatic nitrogens is 2. The first-order chi connectivity index (χ1) is 12.5. The third-order valence-electron chi connectivity index (χ3n) is 5.03. The van der Waals surface area contributed by atoms with Crippen molar-refractivity contribution in [2.75, 3.05) is 37.7 Å². The lowest BCUT2D eigenvalue weighted by molar-refractivity contribution is 0.0616. The van der Waals surface area contributed by atoms with E-state index in [-0.39, 0.29) is 17.9 Å². The summed E-state index contributed by atoms with van der Waals surface area (Å²) in [7, 11) is 0. The maximum absolute atomic E-state index is 13.1. The van der Waals surface area contributed by atoms with Crippen molar-refractivity contribution >= 4 is 23.1 Å². The molecule has 0 radical (unpaired) electrons. The number of hydrogen-bond donors (Lipinski definition) is 0. The number of hydrogen-bond acceptors (Lipinski definition) is 6. The van der Waals surface area contributed by atoms with Crippen molar-refractivity contribution in [1.29, 1.82) is 0 Å². The van der Waals surface area contributed by atoms with E-state index < -0.39 is 0 Å². The summed E-state index contributed by atoms with van der Waals surface area (Å²) >= 11 is 1.56. The lowest BCUT2D eigenvalue weighted by Gasteiger charge is -2.32. The zero-order valence-corrected chi connectivity index (χ0v) is 16.3. The Morgan fingerprint density at radius 3 is 2.81 bits per heavy atom. The molecule has 138 valence electrons. The van der Waals surface area contributed by atoms with Gasteiger partial charge in [-0.2, -0.15) is 0 Å². The van der Waals surface area contributed by atoms with Crippen molar-refractivity contribution in [2.45, 2.75) is 26.8 Å². The molecule has 0 aromatic carbocycles. The SMILES string of the molecule is Cc1cnc(C)c(N2C[C@@H]3COC[C@H](C2)N(C(=O)c2ccc(C)s2)C3)n1. The summed E-state index contributed by atoms with van der Waals surface area (Å²) in [4.78, 5) is 28.6. The number of nitrogens with zero attached hydrogens (tertiary/aromatic N) is 4. The molecular formula is C19H24N4O2S. The summed E-state index contributed by atoms with van der Waals surface area (Å²) in [6.45, 7) is 9.54. The Bertz CT molecular complexity index is 822. The number of carbonyl (C=O) groups is 1. The van der Waals surface area contributed by atoms with Gasteiger partial charge >= 0.3 is 0 Å². The van der Waals surface area contributed by atoms with Crippen LogP contribution in [0.3, 0.4) is 0 Å². The maximum Gasteiger partial charge on any atom is 0.264 e. The van der Waals surface area contributed by atoms with E-state index in [0.29, 0.717) is 13.2 Å². The Balaban J connectivity index is 1.63. The molecule has 2 bridgehead atoms. The van der Waals surface area contributed by atoms with Crippen molar-refractivity contribution < 1.29 is 9.53 Å². The van der Waals surface area contributed by atoms with Crippen LogP contribution in [-0.2, 0) is 4.74 Å². The van der Waals surface area contributed by atoms with Gasteiger partial charge in [-0.15, -0.1) is 11.3 Å². The molecule has 2 aromatic rings. The second-order valence-corrected chi connectivity index (χ2v) is 8.54. The standard InChI is InChI=1S/C19H24N4O2S/c1-12-6-20-14(3)18(21-12)22-7-15-8-23(16(9-22)11-25-10-15)19(24)17-5-4-13(2)26-17/h4-6,15-16H,7-11H2,1-3H3/t15-,16-/m0/s1. The van der Waals surface area contributed by atoms with Gasteiger partial charge in [-0.05, 0) is 32.9 Å². The van der Waals surface area contributed by atoms with Gasteiger partial charge in [0.15, 0.2) is 0 Å². The zero-order valence-electron chi connectivity index (χ0n) is 15.4. The fraction of sp³-hybridized carbons (Fsp3) is 0.526. The Labute approximate surface area is 157 Å². The van der Waals surface area contributed by atoms with Gasteiger partial charge in [-0.3, -0.25) is 9.78 Å². The molecule has 2 aromatic heterocycles. The van der Waals surface area contributed by atoms with Gasteiger partial charge in [0.25, 0.3) is 5.91 Å². The highest BCUT2D eigenvalue weighted by atomic mass is 32.1. The first-order valence-corrected chi connectivity index (χ1v) is 9.83. The van der Waals surface area contributed by atoms with Gasteiger partial charge < -0.3 is 14.5 Å². The average molecular weight is 372 g/mol. The monoisotopic (exact) mass is 372 g/mol. The van der Waals surface area contributed by atoms with Crippen molar-refractivity contribution in [2.24, 2.45) is 5.92 Å². The fourth-order valence-electron chi connectivity index (χ4n) is 3.78. The van der Waals surface area contributed by atoms with E-state index in [1.54, 1.807) is 17.5 Å². The van der Waals surface area contributed by atoms with E-state index in [1.165, 1.54) is 0 Å². The predicted molar refractivity (Wildman–Crippen MR) is 102 cm³/mol. The minimum atomic E-state index is 0.0270. The topological polar surface area (TPSA) is 58.6 Å². The molecule has 2 atom stereocenters. The number of anilines is 1. The van der Waals surface area contributed by atoms with E-state index in [2.05, 4.69) is 9.88 Å². The summed E-state index contributed by atoms with van der Waals surface area (Å²) in [5.41, 5.74) is 1.85. The lowest BCUT2D eigenvalue weighted by Crippen LogP contribution is -2.46.